The summed E-state index contributed by atoms with van der Waals surface area (Å²) in [5.74, 6) is -1.82. The molecule has 0 aromatic carbocycles. The van der Waals surface area contributed by atoms with E-state index in [1.165, 1.54) is 148 Å². The minimum atomic E-state index is -0.914. The van der Waals surface area contributed by atoms with Crippen molar-refractivity contribution in [3.8, 4) is 0 Å². The van der Waals surface area contributed by atoms with Gasteiger partial charge < -0.3 is 19.8 Å². The first-order valence-electron chi connectivity index (χ1n) is 17.6. The molecule has 0 aromatic rings. The van der Waals surface area contributed by atoms with Crippen LogP contribution in [0.2, 0.25) is 0 Å². The summed E-state index contributed by atoms with van der Waals surface area (Å²) in [6, 6.07) is 0. The number of hydrogen-bond acceptors (Lipinski definition) is 4. The van der Waals surface area contributed by atoms with Crippen LogP contribution in [0.5, 0.6) is 0 Å². The zero-order valence-electron chi connectivity index (χ0n) is 27.7. The molecule has 0 N–H and O–H groups in total. The van der Waals surface area contributed by atoms with E-state index in [2.05, 4.69) is 26.0 Å². The van der Waals surface area contributed by atoms with E-state index < -0.39 is 11.9 Å². The molecule has 0 rings (SSSR count). The molecule has 0 spiro atoms. The predicted octanol–water partition coefficient (Wildman–Crippen LogP) is 9.39. The maximum absolute atomic E-state index is 10.2. The molecule has 0 saturated carbocycles. The molecular formula is C36H68MgO4. The molecule has 4 nitrogen and oxygen atoms in total. The van der Waals surface area contributed by atoms with Gasteiger partial charge >= 0.3 is 23.1 Å². The maximum atomic E-state index is 10.2. The van der Waals surface area contributed by atoms with Crippen molar-refractivity contribution in [3.05, 3.63) is 12.2 Å². The van der Waals surface area contributed by atoms with Crippen LogP contribution in [0.1, 0.15) is 206 Å². The van der Waals surface area contributed by atoms with Crippen LogP contribution in [0.25, 0.3) is 0 Å². The van der Waals surface area contributed by atoms with Gasteiger partial charge in [-0.05, 0) is 51.4 Å². The molecule has 0 aliphatic rings. The zero-order chi connectivity index (χ0) is 29.8. The molecular weight excluding hydrogens is 521 g/mol. The topological polar surface area (TPSA) is 80.3 Å². The van der Waals surface area contributed by atoms with E-state index in [1.807, 2.05) is 0 Å². The largest absolute Gasteiger partial charge is 2.00 e. The maximum Gasteiger partial charge on any atom is 2.00 e. The molecule has 0 saturated heterocycles. The van der Waals surface area contributed by atoms with Gasteiger partial charge in [-0.3, -0.25) is 0 Å². The third-order valence-corrected chi connectivity index (χ3v) is 7.63. The number of carbonyl (C=O) groups is 2. The van der Waals surface area contributed by atoms with Crippen LogP contribution in [-0.4, -0.2) is 35.0 Å². The second kappa shape index (κ2) is 41.6. The minimum Gasteiger partial charge on any atom is -0.550 e. The Labute approximate surface area is 272 Å². The van der Waals surface area contributed by atoms with E-state index in [4.69, 9.17) is 0 Å². The molecule has 0 unspecified atom stereocenters. The van der Waals surface area contributed by atoms with Crippen molar-refractivity contribution >= 4 is 35.0 Å². The smallest absolute Gasteiger partial charge is 0.550 e. The molecule has 0 heterocycles. The van der Waals surface area contributed by atoms with Gasteiger partial charge in [0, 0.05) is 11.9 Å². The Kier molecular flexibility index (Phi) is 45.5. The molecule has 41 heavy (non-hydrogen) atoms. The molecule has 0 atom stereocenters. The molecule has 238 valence electrons. The third-order valence-electron chi connectivity index (χ3n) is 7.63. The van der Waals surface area contributed by atoms with E-state index in [1.54, 1.807) is 0 Å². The first-order chi connectivity index (χ1) is 19.5. The summed E-state index contributed by atoms with van der Waals surface area (Å²) < 4.78 is 0. The molecule has 0 bridgehead atoms. The summed E-state index contributed by atoms with van der Waals surface area (Å²) >= 11 is 0. The van der Waals surface area contributed by atoms with Crippen molar-refractivity contribution in [3.63, 3.8) is 0 Å². The predicted molar refractivity (Wildman–Crippen MR) is 175 cm³/mol. The first-order valence-corrected chi connectivity index (χ1v) is 17.6. The van der Waals surface area contributed by atoms with Crippen LogP contribution in [0.3, 0.4) is 0 Å². The number of carboxylic acids is 2. The number of hydrogen-bond donors (Lipinski definition) is 0. The normalized spacial score (nSPS) is 10.8. The Bertz CT molecular complexity index is 536. The summed E-state index contributed by atoms with van der Waals surface area (Å²) in [5.41, 5.74) is 0. The van der Waals surface area contributed by atoms with Crippen LogP contribution in [0, 0.1) is 0 Å². The summed E-state index contributed by atoms with van der Waals surface area (Å²) in [6.07, 6.45) is 40.8. The van der Waals surface area contributed by atoms with Gasteiger partial charge in [0.05, 0.1) is 0 Å². The fourth-order valence-electron chi connectivity index (χ4n) is 4.98. The monoisotopic (exact) mass is 588 g/mol. The minimum absolute atomic E-state index is 0. The van der Waals surface area contributed by atoms with Crippen molar-refractivity contribution in [2.24, 2.45) is 0 Å². The summed E-state index contributed by atoms with van der Waals surface area (Å²) in [6.45, 7) is 4.52. The van der Waals surface area contributed by atoms with Gasteiger partial charge in [0.15, 0.2) is 0 Å². The van der Waals surface area contributed by atoms with Crippen molar-refractivity contribution in [1.29, 1.82) is 0 Å². The number of allylic oxidation sites excluding steroid dienone is 2. The molecule has 0 radical (unpaired) electrons. The number of carbonyl (C=O) groups excluding carboxylic acids is 2. The van der Waals surface area contributed by atoms with Crippen LogP contribution in [-0.2, 0) is 9.59 Å². The summed E-state index contributed by atoms with van der Waals surface area (Å²) in [4.78, 5) is 20.4. The molecule has 0 amide bonds. The van der Waals surface area contributed by atoms with E-state index in [0.29, 0.717) is 0 Å². The van der Waals surface area contributed by atoms with E-state index in [0.717, 1.165) is 32.1 Å². The molecule has 0 aliphatic carbocycles. The Morgan fingerprint density at radius 2 is 0.610 bits per heavy atom. The van der Waals surface area contributed by atoms with E-state index in [-0.39, 0.29) is 35.9 Å². The van der Waals surface area contributed by atoms with Crippen molar-refractivity contribution in [2.75, 3.05) is 0 Å². The second-order valence-corrected chi connectivity index (χ2v) is 11.8. The average Bonchev–Trinajstić information content (AvgIpc) is 2.93. The number of unbranched alkanes of at least 4 members (excludes halogenated alkanes) is 25. The van der Waals surface area contributed by atoms with Crippen molar-refractivity contribution in [1.82, 2.24) is 0 Å². The summed E-state index contributed by atoms with van der Waals surface area (Å²) in [7, 11) is 0. The molecule has 0 aliphatic heterocycles. The van der Waals surface area contributed by atoms with E-state index >= 15 is 0 Å². The molecule has 0 aromatic heterocycles. The molecule has 5 heteroatoms. The number of carboxylic acid groups (broad SMARTS) is 2. The first kappa shape index (κ1) is 44.9. The van der Waals surface area contributed by atoms with Crippen LogP contribution in [0.15, 0.2) is 12.2 Å². The van der Waals surface area contributed by atoms with Gasteiger partial charge in [-0.15, -0.1) is 0 Å². The van der Waals surface area contributed by atoms with Crippen molar-refractivity contribution in [2.45, 2.75) is 206 Å². The van der Waals surface area contributed by atoms with Crippen LogP contribution < -0.4 is 10.2 Å². The quantitative estimate of drug-likeness (QED) is 0.0459. The second-order valence-electron chi connectivity index (χ2n) is 11.8. The molecule has 0 fully saturated rings. The Hall–Kier alpha value is -0.554. The fourth-order valence-corrected chi connectivity index (χ4v) is 4.98. The average molecular weight is 589 g/mol. The van der Waals surface area contributed by atoms with Gasteiger partial charge in [-0.25, -0.2) is 0 Å². The van der Waals surface area contributed by atoms with Crippen molar-refractivity contribution < 1.29 is 19.8 Å². The van der Waals surface area contributed by atoms with Gasteiger partial charge in [-0.2, -0.15) is 0 Å². The Balaban J connectivity index is -0.000000688. The standard InChI is InChI=1S/C18H36O2.C18H34O2.Mg/c2*1-2-3-4-5-6-7-8-9-10-11-12-13-14-15-16-17-18(19)20;/h2-17H2,1H3,(H,19,20);9-10H,2-8,11-17H2,1H3,(H,19,20);/q;;+2/p-2/b;10-9-;. The number of rotatable bonds is 31. The summed E-state index contributed by atoms with van der Waals surface area (Å²) in [5, 5.41) is 20.4. The van der Waals surface area contributed by atoms with Gasteiger partial charge in [0.25, 0.3) is 0 Å². The number of aliphatic carboxylic acids is 2. The SMILES string of the molecule is CCCCCCCC/C=C\CCCCCCCC(=O)[O-].CCCCCCCCCCCCCCCCCC(=O)[O-].[Mg+2]. The van der Waals surface area contributed by atoms with E-state index in [9.17, 15) is 19.8 Å². The third kappa shape index (κ3) is 49.4. The van der Waals surface area contributed by atoms with Crippen LogP contribution >= 0.6 is 0 Å². The van der Waals surface area contributed by atoms with Gasteiger partial charge in [0.2, 0.25) is 0 Å². The van der Waals surface area contributed by atoms with Gasteiger partial charge in [0.1, 0.15) is 0 Å². The fraction of sp³-hybridized carbons (Fsp3) is 0.889. The van der Waals surface area contributed by atoms with Gasteiger partial charge in [-0.1, -0.05) is 167 Å². The Morgan fingerprint density at radius 3 is 0.854 bits per heavy atom. The van der Waals surface area contributed by atoms with Crippen LogP contribution in [0.4, 0.5) is 0 Å². The zero-order valence-corrected chi connectivity index (χ0v) is 29.1. The Morgan fingerprint density at radius 1 is 0.390 bits per heavy atom.